The molecule has 212 valence electrons. The molecule has 0 radical (unpaired) electrons. The maximum Gasteiger partial charge on any atom is 0.253 e. The number of hydrogen-bond acceptors (Lipinski definition) is 8. The normalized spacial score (nSPS) is 14.9. The fourth-order valence-corrected chi connectivity index (χ4v) is 7.78. The van der Waals surface area contributed by atoms with Crippen molar-refractivity contribution in [1.29, 1.82) is 0 Å². The first-order valence-corrected chi connectivity index (χ1v) is 17.4. The first-order chi connectivity index (χ1) is 18.5. The number of unbranched alkanes of at least 4 members (excludes halogenated alkanes) is 2. The maximum atomic E-state index is 13.2. The van der Waals surface area contributed by atoms with Gasteiger partial charge in [0.15, 0.2) is 15.0 Å². The van der Waals surface area contributed by atoms with E-state index in [0.29, 0.717) is 44.8 Å². The Kier molecular flexibility index (Phi) is 9.30. The molecule has 0 unspecified atom stereocenters. The van der Waals surface area contributed by atoms with Gasteiger partial charge in [0.25, 0.3) is 5.91 Å². The van der Waals surface area contributed by atoms with E-state index in [-0.39, 0.29) is 15.7 Å². The van der Waals surface area contributed by atoms with Crippen LogP contribution in [0.2, 0.25) is 0 Å². The fourth-order valence-electron chi connectivity index (χ4n) is 4.48. The number of thiazole rings is 1. The summed E-state index contributed by atoms with van der Waals surface area (Å²) in [6.07, 6.45) is 4.65. The summed E-state index contributed by atoms with van der Waals surface area (Å²) in [7, 11) is -6.90. The Bertz CT molecular complexity index is 1500. The van der Waals surface area contributed by atoms with Crippen LogP contribution in [0, 0.1) is 0 Å². The van der Waals surface area contributed by atoms with Crippen molar-refractivity contribution in [2.45, 2.75) is 49.3 Å². The minimum Gasteiger partial charge on any atom is -0.345 e. The molecule has 1 fully saturated rings. The van der Waals surface area contributed by atoms with Crippen molar-refractivity contribution in [3.8, 4) is 0 Å². The van der Waals surface area contributed by atoms with Crippen LogP contribution < -0.4 is 4.90 Å². The van der Waals surface area contributed by atoms with Crippen LogP contribution in [-0.2, 0) is 19.9 Å². The van der Waals surface area contributed by atoms with Crippen LogP contribution in [0.1, 0.15) is 49.9 Å². The maximum absolute atomic E-state index is 13.2. The number of rotatable bonds is 11. The number of anilines is 1. The number of sulfonamides is 1. The summed E-state index contributed by atoms with van der Waals surface area (Å²) in [5, 5.41) is 0.799. The van der Waals surface area contributed by atoms with E-state index in [2.05, 4.69) is 9.88 Å². The van der Waals surface area contributed by atoms with E-state index in [9.17, 15) is 21.6 Å². The lowest BCUT2D eigenvalue weighted by Gasteiger charge is -2.34. The van der Waals surface area contributed by atoms with E-state index in [1.165, 1.54) is 29.7 Å². The molecule has 9 nitrogen and oxygen atoms in total. The molecule has 0 spiro atoms. The summed E-state index contributed by atoms with van der Waals surface area (Å²) in [4.78, 5) is 22.2. The van der Waals surface area contributed by atoms with Gasteiger partial charge < -0.3 is 9.80 Å². The second-order valence-corrected chi connectivity index (χ2v) is 14.8. The molecular formula is C27H36N4O5S3. The van der Waals surface area contributed by atoms with Crippen molar-refractivity contribution in [2.24, 2.45) is 0 Å². The van der Waals surface area contributed by atoms with Crippen molar-refractivity contribution in [1.82, 2.24) is 14.2 Å². The van der Waals surface area contributed by atoms with E-state index in [1.54, 1.807) is 39.5 Å². The number of fused-ring (bicyclic) bond motifs is 1. The summed E-state index contributed by atoms with van der Waals surface area (Å²) in [5.74, 6) is -0.130. The van der Waals surface area contributed by atoms with Crippen LogP contribution in [0.25, 0.3) is 10.2 Å². The number of nitrogens with zero attached hydrogens (tertiary/aromatic N) is 4. The molecule has 1 aliphatic rings. The minimum atomic E-state index is -3.61. The monoisotopic (exact) mass is 592 g/mol. The number of benzene rings is 2. The van der Waals surface area contributed by atoms with Crippen molar-refractivity contribution >= 4 is 52.5 Å². The van der Waals surface area contributed by atoms with Gasteiger partial charge >= 0.3 is 0 Å². The van der Waals surface area contributed by atoms with Crippen molar-refractivity contribution < 1.29 is 21.6 Å². The molecule has 0 saturated carbocycles. The Labute approximate surface area is 235 Å². The average molecular weight is 593 g/mol. The van der Waals surface area contributed by atoms with Gasteiger partial charge in [-0.15, -0.1) is 0 Å². The summed E-state index contributed by atoms with van der Waals surface area (Å²) in [6, 6.07) is 11.2. The quantitative estimate of drug-likeness (QED) is 0.328. The topological polar surface area (TPSA) is 108 Å². The van der Waals surface area contributed by atoms with Gasteiger partial charge in [-0.1, -0.05) is 38.0 Å². The highest BCUT2D eigenvalue weighted by molar-refractivity contribution is 7.90. The zero-order valence-electron chi connectivity index (χ0n) is 22.7. The van der Waals surface area contributed by atoms with Crippen LogP contribution in [-0.4, -0.2) is 82.5 Å². The SMILES string of the molecule is CCCCN(CCCC)S(=O)(=O)c1ccc(C(=O)N2CCN(c3nc4ccc(S(C)(=O)=O)cc4s3)CC2)cc1. The first-order valence-electron chi connectivity index (χ1n) is 13.3. The van der Waals surface area contributed by atoms with Gasteiger partial charge in [0.2, 0.25) is 10.0 Å². The highest BCUT2D eigenvalue weighted by Gasteiger charge is 2.26. The van der Waals surface area contributed by atoms with Gasteiger partial charge in [-0.05, 0) is 55.3 Å². The molecule has 0 atom stereocenters. The number of carbonyl (C=O) groups is 1. The van der Waals surface area contributed by atoms with Gasteiger partial charge in [0.05, 0.1) is 20.0 Å². The predicted octanol–water partition coefficient (Wildman–Crippen LogP) is 4.25. The number of hydrogen-bond donors (Lipinski definition) is 0. The molecule has 39 heavy (non-hydrogen) atoms. The summed E-state index contributed by atoms with van der Waals surface area (Å²) >= 11 is 1.44. The Morgan fingerprint density at radius 1 is 0.897 bits per heavy atom. The van der Waals surface area contributed by atoms with E-state index in [4.69, 9.17) is 0 Å². The minimum absolute atomic E-state index is 0.130. The van der Waals surface area contributed by atoms with Crippen LogP contribution in [0.3, 0.4) is 0 Å². The zero-order chi connectivity index (χ0) is 28.2. The third kappa shape index (κ3) is 6.79. The lowest BCUT2D eigenvalue weighted by atomic mass is 10.2. The Morgan fingerprint density at radius 2 is 1.49 bits per heavy atom. The lowest BCUT2D eigenvalue weighted by molar-refractivity contribution is 0.0746. The molecule has 0 bridgehead atoms. The zero-order valence-corrected chi connectivity index (χ0v) is 25.1. The summed E-state index contributed by atoms with van der Waals surface area (Å²) in [6.45, 7) is 7.29. The lowest BCUT2D eigenvalue weighted by Crippen LogP contribution is -2.48. The first kappa shape index (κ1) is 29.4. The van der Waals surface area contributed by atoms with Crippen molar-refractivity contribution in [2.75, 3.05) is 50.4 Å². The van der Waals surface area contributed by atoms with Gasteiger partial charge in [-0.2, -0.15) is 4.31 Å². The van der Waals surface area contributed by atoms with Gasteiger partial charge in [0.1, 0.15) is 0 Å². The van der Waals surface area contributed by atoms with Crippen LogP contribution in [0.15, 0.2) is 52.3 Å². The number of piperazine rings is 1. The smallest absolute Gasteiger partial charge is 0.253 e. The highest BCUT2D eigenvalue weighted by atomic mass is 32.2. The molecule has 2 aromatic carbocycles. The number of sulfone groups is 1. The standard InChI is InChI=1S/C27H36N4O5S3/c1-4-6-14-31(15-7-5-2)39(35,36)22-10-8-21(9-11-22)26(32)29-16-18-30(19-17-29)27-28-24-13-12-23(38(3,33)34)20-25(24)37-27/h8-13,20H,4-7,14-19H2,1-3H3. The molecule has 1 saturated heterocycles. The van der Waals surface area contributed by atoms with Crippen molar-refractivity contribution in [3.63, 3.8) is 0 Å². The molecule has 1 aromatic heterocycles. The van der Waals surface area contributed by atoms with E-state index in [1.807, 2.05) is 13.8 Å². The number of carbonyl (C=O) groups excluding carboxylic acids is 1. The highest BCUT2D eigenvalue weighted by Crippen LogP contribution is 2.31. The molecule has 3 aromatic rings. The summed E-state index contributed by atoms with van der Waals surface area (Å²) in [5.41, 5.74) is 1.21. The van der Waals surface area contributed by atoms with E-state index < -0.39 is 19.9 Å². The molecule has 0 N–H and O–H groups in total. The molecule has 12 heteroatoms. The largest absolute Gasteiger partial charge is 0.345 e. The molecule has 2 heterocycles. The van der Waals surface area contributed by atoms with Crippen molar-refractivity contribution in [3.05, 3.63) is 48.0 Å². The average Bonchev–Trinajstić information content (AvgIpc) is 3.36. The number of aromatic nitrogens is 1. The summed E-state index contributed by atoms with van der Waals surface area (Å²) < 4.78 is 52.6. The second kappa shape index (κ2) is 12.3. The van der Waals surface area contributed by atoms with Crippen LogP contribution in [0.5, 0.6) is 0 Å². The molecule has 1 amide bonds. The number of amides is 1. The predicted molar refractivity (Wildman–Crippen MR) is 156 cm³/mol. The second-order valence-electron chi connectivity index (χ2n) is 9.81. The third-order valence-electron chi connectivity index (χ3n) is 6.88. The van der Waals surface area contributed by atoms with Gasteiger partial charge in [-0.3, -0.25) is 4.79 Å². The molecule has 0 aliphatic carbocycles. The molecule has 4 rings (SSSR count). The fraction of sp³-hybridized carbons (Fsp3) is 0.481. The van der Waals surface area contributed by atoms with Gasteiger partial charge in [-0.25, -0.2) is 21.8 Å². The Morgan fingerprint density at radius 3 is 2.05 bits per heavy atom. The van der Waals surface area contributed by atoms with Crippen LogP contribution >= 0.6 is 11.3 Å². The Balaban J connectivity index is 1.40. The molecule has 1 aliphatic heterocycles. The third-order valence-corrected chi connectivity index (χ3v) is 11.0. The van der Waals surface area contributed by atoms with E-state index in [0.717, 1.165) is 41.0 Å². The van der Waals surface area contributed by atoms with Gasteiger partial charge in [0, 0.05) is 51.1 Å². The Hall–Kier alpha value is -2.54. The molecular weight excluding hydrogens is 557 g/mol. The van der Waals surface area contributed by atoms with E-state index >= 15 is 0 Å². The van der Waals surface area contributed by atoms with Crippen LogP contribution in [0.4, 0.5) is 5.13 Å².